The summed E-state index contributed by atoms with van der Waals surface area (Å²) in [4.78, 5) is 4.43. The van der Waals surface area contributed by atoms with E-state index in [0.717, 1.165) is 21.2 Å². The van der Waals surface area contributed by atoms with E-state index in [2.05, 4.69) is 26.1 Å². The zero-order chi connectivity index (χ0) is 14.1. The summed E-state index contributed by atoms with van der Waals surface area (Å²) in [7, 11) is 0. The molecular weight excluding hydrogens is 318 g/mol. The fourth-order valence-electron chi connectivity index (χ4n) is 2.05. The molecule has 0 aliphatic rings. The van der Waals surface area contributed by atoms with Gasteiger partial charge in [-0.25, -0.2) is 0 Å². The van der Waals surface area contributed by atoms with Crippen LogP contribution in [0.4, 0.5) is 5.69 Å². The average molecular weight is 330 g/mol. The highest BCUT2D eigenvalue weighted by molar-refractivity contribution is 9.10. The molecule has 0 unspecified atom stereocenters. The van der Waals surface area contributed by atoms with Crippen LogP contribution < -0.4 is 5.73 Å². The molecule has 20 heavy (non-hydrogen) atoms. The van der Waals surface area contributed by atoms with Crippen molar-refractivity contribution in [2.24, 2.45) is 0 Å². The molecule has 100 valence electrons. The van der Waals surface area contributed by atoms with Crippen LogP contribution in [0.1, 0.15) is 5.56 Å². The minimum Gasteiger partial charge on any atom is -0.398 e. The number of benzene rings is 2. The Bertz CT molecular complexity index is 747. The number of nitrogens with zero attached hydrogens (tertiary/aromatic N) is 2. The lowest BCUT2D eigenvalue weighted by molar-refractivity contribution is 0.432. The monoisotopic (exact) mass is 329 g/mol. The van der Waals surface area contributed by atoms with E-state index in [0.29, 0.717) is 17.4 Å². The molecule has 2 N–H and O–H groups in total. The molecule has 0 aliphatic heterocycles. The van der Waals surface area contributed by atoms with Crippen molar-refractivity contribution in [3.63, 3.8) is 0 Å². The Labute approximate surface area is 124 Å². The Kier molecular flexibility index (Phi) is 3.28. The molecule has 0 aliphatic carbocycles. The number of halogens is 1. The second-order valence-corrected chi connectivity index (χ2v) is 5.39. The predicted molar refractivity (Wildman–Crippen MR) is 82.0 cm³/mol. The van der Waals surface area contributed by atoms with Crippen LogP contribution in [0.2, 0.25) is 0 Å². The third kappa shape index (κ3) is 2.32. The minimum atomic E-state index is 0.440. The van der Waals surface area contributed by atoms with Crippen molar-refractivity contribution < 1.29 is 4.52 Å². The molecule has 5 heteroatoms. The second kappa shape index (κ2) is 5.09. The third-order valence-electron chi connectivity index (χ3n) is 3.03. The maximum absolute atomic E-state index is 5.99. The van der Waals surface area contributed by atoms with Crippen molar-refractivity contribution in [1.82, 2.24) is 10.1 Å². The first-order valence-electron chi connectivity index (χ1n) is 6.10. The van der Waals surface area contributed by atoms with E-state index in [1.807, 2.05) is 49.4 Å². The Morgan fingerprint density at radius 2 is 1.95 bits per heavy atom. The summed E-state index contributed by atoms with van der Waals surface area (Å²) < 4.78 is 6.32. The minimum absolute atomic E-state index is 0.440. The van der Waals surface area contributed by atoms with Gasteiger partial charge in [-0.1, -0.05) is 45.4 Å². The lowest BCUT2D eigenvalue weighted by Gasteiger charge is -2.03. The first-order valence-corrected chi connectivity index (χ1v) is 6.89. The number of nitrogens with two attached hydrogens (primary N) is 1. The maximum atomic E-state index is 5.99. The quantitative estimate of drug-likeness (QED) is 0.720. The van der Waals surface area contributed by atoms with Crippen LogP contribution in [-0.4, -0.2) is 10.1 Å². The highest BCUT2D eigenvalue weighted by Gasteiger charge is 2.15. The molecule has 1 heterocycles. The Balaban J connectivity index is 2.07. The standard InChI is InChI=1S/C15H12BrN3O/c1-9-4-2-7-12(17)13(9)15-18-14(19-20-15)10-5-3-6-11(16)8-10/h2-8H,17H2,1H3. The van der Waals surface area contributed by atoms with Gasteiger partial charge >= 0.3 is 0 Å². The van der Waals surface area contributed by atoms with Crippen molar-refractivity contribution in [2.45, 2.75) is 6.92 Å². The Morgan fingerprint density at radius 1 is 1.15 bits per heavy atom. The largest absolute Gasteiger partial charge is 0.398 e. The summed E-state index contributed by atoms with van der Waals surface area (Å²) in [6, 6.07) is 13.4. The topological polar surface area (TPSA) is 64.9 Å². The van der Waals surface area contributed by atoms with E-state index in [4.69, 9.17) is 10.3 Å². The summed E-state index contributed by atoms with van der Waals surface area (Å²) in [6.07, 6.45) is 0. The SMILES string of the molecule is Cc1cccc(N)c1-c1nc(-c2cccc(Br)c2)no1. The van der Waals surface area contributed by atoms with Crippen LogP contribution in [-0.2, 0) is 0 Å². The highest BCUT2D eigenvalue weighted by Crippen LogP contribution is 2.30. The summed E-state index contributed by atoms with van der Waals surface area (Å²) in [5, 5.41) is 4.02. The number of hydrogen-bond acceptors (Lipinski definition) is 4. The zero-order valence-corrected chi connectivity index (χ0v) is 12.4. The molecule has 0 saturated carbocycles. The number of nitrogen functional groups attached to an aromatic ring is 1. The molecule has 0 spiro atoms. The van der Waals surface area contributed by atoms with Gasteiger partial charge in [0.15, 0.2) is 0 Å². The van der Waals surface area contributed by atoms with Crippen molar-refractivity contribution >= 4 is 21.6 Å². The number of anilines is 1. The van der Waals surface area contributed by atoms with Crippen molar-refractivity contribution in [2.75, 3.05) is 5.73 Å². The van der Waals surface area contributed by atoms with E-state index >= 15 is 0 Å². The van der Waals surface area contributed by atoms with E-state index in [1.54, 1.807) is 0 Å². The second-order valence-electron chi connectivity index (χ2n) is 4.47. The summed E-state index contributed by atoms with van der Waals surface area (Å²) >= 11 is 3.43. The molecule has 1 aromatic heterocycles. The fourth-order valence-corrected chi connectivity index (χ4v) is 2.45. The molecule has 3 aromatic rings. The normalized spacial score (nSPS) is 10.7. The van der Waals surface area contributed by atoms with Gasteiger partial charge in [-0.3, -0.25) is 0 Å². The molecule has 0 fully saturated rings. The third-order valence-corrected chi connectivity index (χ3v) is 3.52. The molecular formula is C15H12BrN3O. The predicted octanol–water partition coefficient (Wildman–Crippen LogP) is 4.06. The van der Waals surface area contributed by atoms with Gasteiger partial charge in [0.25, 0.3) is 5.89 Å². The van der Waals surface area contributed by atoms with Crippen molar-refractivity contribution in [3.05, 3.63) is 52.5 Å². The van der Waals surface area contributed by atoms with Gasteiger partial charge in [-0.15, -0.1) is 0 Å². The van der Waals surface area contributed by atoms with Gasteiger partial charge in [-0.05, 0) is 30.7 Å². The van der Waals surface area contributed by atoms with Gasteiger partial charge in [0.1, 0.15) is 0 Å². The number of aromatic nitrogens is 2. The van der Waals surface area contributed by atoms with E-state index in [-0.39, 0.29) is 0 Å². The van der Waals surface area contributed by atoms with E-state index < -0.39 is 0 Å². The maximum Gasteiger partial charge on any atom is 0.260 e. The molecule has 0 amide bonds. The van der Waals surface area contributed by atoms with Crippen LogP contribution in [0, 0.1) is 6.92 Å². The van der Waals surface area contributed by atoms with Gasteiger partial charge in [-0.2, -0.15) is 4.98 Å². The van der Waals surface area contributed by atoms with Gasteiger partial charge in [0, 0.05) is 15.7 Å². The number of hydrogen-bond donors (Lipinski definition) is 1. The Morgan fingerprint density at radius 3 is 2.70 bits per heavy atom. The van der Waals surface area contributed by atoms with E-state index in [9.17, 15) is 0 Å². The smallest absolute Gasteiger partial charge is 0.260 e. The lowest BCUT2D eigenvalue weighted by Crippen LogP contribution is -1.92. The molecule has 0 bridgehead atoms. The van der Waals surface area contributed by atoms with Gasteiger partial charge < -0.3 is 10.3 Å². The van der Waals surface area contributed by atoms with Crippen molar-refractivity contribution in [1.29, 1.82) is 0 Å². The van der Waals surface area contributed by atoms with Crippen molar-refractivity contribution in [3.8, 4) is 22.8 Å². The summed E-state index contributed by atoms with van der Waals surface area (Å²) in [5.74, 6) is 0.986. The lowest BCUT2D eigenvalue weighted by atomic mass is 10.1. The number of aryl methyl sites for hydroxylation is 1. The van der Waals surface area contributed by atoms with Gasteiger partial charge in [0.05, 0.1) is 5.56 Å². The average Bonchev–Trinajstić information content (AvgIpc) is 2.88. The highest BCUT2D eigenvalue weighted by atomic mass is 79.9. The zero-order valence-electron chi connectivity index (χ0n) is 10.8. The summed E-state index contributed by atoms with van der Waals surface area (Å²) in [6.45, 7) is 1.97. The molecule has 0 radical (unpaired) electrons. The molecule has 0 saturated heterocycles. The van der Waals surface area contributed by atoms with E-state index in [1.165, 1.54) is 0 Å². The number of rotatable bonds is 2. The van der Waals surface area contributed by atoms with Crippen LogP contribution in [0.3, 0.4) is 0 Å². The fraction of sp³-hybridized carbons (Fsp3) is 0.0667. The van der Waals surface area contributed by atoms with Crippen LogP contribution in [0.5, 0.6) is 0 Å². The molecule has 2 aromatic carbocycles. The molecule has 4 nitrogen and oxygen atoms in total. The first-order chi connectivity index (χ1) is 9.65. The van der Waals surface area contributed by atoms with Crippen LogP contribution in [0.25, 0.3) is 22.8 Å². The summed E-state index contributed by atoms with van der Waals surface area (Å²) in [5.41, 5.74) is 9.32. The Hall–Kier alpha value is -2.14. The van der Waals surface area contributed by atoms with Gasteiger partial charge in [0.2, 0.25) is 5.82 Å². The van der Waals surface area contributed by atoms with Crippen LogP contribution >= 0.6 is 15.9 Å². The first kappa shape index (κ1) is 12.9. The molecule has 3 rings (SSSR count). The van der Waals surface area contributed by atoms with Crippen LogP contribution in [0.15, 0.2) is 51.5 Å². The molecule has 0 atom stereocenters.